The fourth-order valence-corrected chi connectivity index (χ4v) is 4.29. The van der Waals surface area contributed by atoms with Gasteiger partial charge in [0.25, 0.3) is 5.56 Å². The van der Waals surface area contributed by atoms with Gasteiger partial charge in [-0.1, -0.05) is 53.6 Å². The van der Waals surface area contributed by atoms with Crippen molar-refractivity contribution in [3.05, 3.63) is 105 Å². The van der Waals surface area contributed by atoms with Gasteiger partial charge in [0, 0.05) is 10.4 Å². The molecule has 2 heterocycles. The van der Waals surface area contributed by atoms with Gasteiger partial charge in [-0.25, -0.2) is 9.37 Å². The molecule has 0 fully saturated rings. The molecule has 2 aromatic heterocycles. The highest BCUT2D eigenvalue weighted by molar-refractivity contribution is 6.31. The van der Waals surface area contributed by atoms with Crippen LogP contribution in [0.1, 0.15) is 11.1 Å². The molecule has 0 radical (unpaired) electrons. The molecule has 0 saturated carbocycles. The lowest BCUT2D eigenvalue weighted by Crippen LogP contribution is -2.25. The van der Waals surface area contributed by atoms with Crippen LogP contribution < -0.4 is 10.9 Å². The van der Waals surface area contributed by atoms with E-state index >= 15 is 0 Å². The monoisotopic (exact) mass is 474 g/mol. The number of amides is 1. The summed E-state index contributed by atoms with van der Waals surface area (Å²) in [7, 11) is 0. The van der Waals surface area contributed by atoms with Gasteiger partial charge in [0.05, 0.1) is 24.1 Å². The molecule has 3 aromatic carbocycles. The van der Waals surface area contributed by atoms with E-state index in [9.17, 15) is 14.0 Å². The molecule has 5 aromatic rings. The number of aryl methyl sites for hydroxylation is 1. The fourth-order valence-electron chi connectivity index (χ4n) is 4.10. The third-order valence-corrected chi connectivity index (χ3v) is 6.10. The molecule has 0 unspecified atom stereocenters. The molecule has 1 N–H and O–H groups in total. The number of anilines is 1. The van der Waals surface area contributed by atoms with E-state index in [2.05, 4.69) is 10.3 Å². The molecule has 170 valence electrons. The van der Waals surface area contributed by atoms with Crippen molar-refractivity contribution in [1.82, 2.24) is 14.1 Å². The van der Waals surface area contributed by atoms with Crippen LogP contribution in [0, 0.1) is 12.7 Å². The predicted octanol–water partition coefficient (Wildman–Crippen LogP) is 5.14. The molecule has 0 atom stereocenters. The van der Waals surface area contributed by atoms with Crippen molar-refractivity contribution in [3.8, 4) is 0 Å². The van der Waals surface area contributed by atoms with Crippen molar-refractivity contribution in [3.63, 3.8) is 0 Å². The van der Waals surface area contributed by atoms with E-state index < -0.39 is 11.7 Å². The van der Waals surface area contributed by atoms with E-state index in [0.717, 1.165) is 16.5 Å². The lowest BCUT2D eigenvalue weighted by atomic mass is 10.1. The van der Waals surface area contributed by atoms with Gasteiger partial charge in [0.15, 0.2) is 0 Å². The van der Waals surface area contributed by atoms with Gasteiger partial charge < -0.3 is 9.88 Å². The van der Waals surface area contributed by atoms with E-state index in [1.54, 1.807) is 22.8 Å². The number of halogens is 2. The summed E-state index contributed by atoms with van der Waals surface area (Å²) in [6.07, 6.45) is 1.50. The van der Waals surface area contributed by atoms with E-state index in [-0.39, 0.29) is 24.3 Å². The summed E-state index contributed by atoms with van der Waals surface area (Å²) < 4.78 is 17.2. The Morgan fingerprint density at radius 2 is 1.85 bits per heavy atom. The largest absolute Gasteiger partial charge is 0.325 e. The van der Waals surface area contributed by atoms with Crippen molar-refractivity contribution < 1.29 is 9.18 Å². The number of carbonyl (C=O) groups excluding carboxylic acids is 1. The highest BCUT2D eigenvalue weighted by Crippen LogP contribution is 2.27. The molecule has 5 rings (SSSR count). The Morgan fingerprint density at radius 3 is 2.65 bits per heavy atom. The lowest BCUT2D eigenvalue weighted by molar-refractivity contribution is -0.116. The van der Waals surface area contributed by atoms with Gasteiger partial charge in [-0.15, -0.1) is 0 Å². The quantitative estimate of drug-likeness (QED) is 0.383. The molecular weight excluding hydrogens is 455 g/mol. The number of nitrogens with one attached hydrogen (secondary N) is 1. The Balaban J connectivity index is 1.62. The van der Waals surface area contributed by atoms with Crippen LogP contribution in [0.5, 0.6) is 0 Å². The molecule has 6 nitrogen and oxygen atoms in total. The molecule has 0 aliphatic carbocycles. The minimum Gasteiger partial charge on any atom is -0.325 e. The summed E-state index contributed by atoms with van der Waals surface area (Å²) in [5.41, 5.74) is 3.09. The zero-order valence-electron chi connectivity index (χ0n) is 18.3. The van der Waals surface area contributed by atoms with Crippen LogP contribution in [0.15, 0.2) is 77.9 Å². The Kier molecular flexibility index (Phi) is 5.63. The first-order valence-corrected chi connectivity index (χ1v) is 11.1. The average molecular weight is 475 g/mol. The molecule has 34 heavy (non-hydrogen) atoms. The van der Waals surface area contributed by atoms with Crippen molar-refractivity contribution in [1.29, 1.82) is 0 Å². The SMILES string of the molecule is Cc1ccc2c(c1)c1ncn(Cc3ccccc3Cl)c(=O)c1n2CC(=O)Nc1ccccc1F. The van der Waals surface area contributed by atoms with E-state index in [4.69, 9.17) is 11.6 Å². The van der Waals surface area contributed by atoms with Crippen LogP contribution >= 0.6 is 11.6 Å². The minimum absolute atomic E-state index is 0.0818. The third kappa shape index (κ3) is 3.95. The van der Waals surface area contributed by atoms with Gasteiger partial charge in [-0.3, -0.25) is 14.2 Å². The zero-order valence-corrected chi connectivity index (χ0v) is 19.0. The average Bonchev–Trinajstić information content (AvgIpc) is 3.11. The summed E-state index contributed by atoms with van der Waals surface area (Å²) >= 11 is 6.29. The van der Waals surface area contributed by atoms with Crippen molar-refractivity contribution in [2.75, 3.05) is 5.32 Å². The normalized spacial score (nSPS) is 11.3. The van der Waals surface area contributed by atoms with E-state index in [1.807, 2.05) is 43.3 Å². The standard InChI is InChI=1S/C26H20ClFN4O2/c1-16-10-11-22-18(12-16)24-25(32(22)14-23(33)30-21-9-5-4-8-20(21)28)26(34)31(15-29-24)13-17-6-2-3-7-19(17)27/h2-12,15H,13-14H2,1H3,(H,30,33). The maximum atomic E-state index is 14.0. The summed E-state index contributed by atoms with van der Waals surface area (Å²) in [4.78, 5) is 31.0. The van der Waals surface area contributed by atoms with Gasteiger partial charge in [0.2, 0.25) is 5.91 Å². The van der Waals surface area contributed by atoms with Gasteiger partial charge in [-0.05, 0) is 42.8 Å². The minimum atomic E-state index is -0.530. The molecule has 0 saturated heterocycles. The van der Waals surface area contributed by atoms with E-state index in [0.29, 0.717) is 21.6 Å². The molecule has 0 bridgehead atoms. The lowest BCUT2D eigenvalue weighted by Gasteiger charge is -2.11. The highest BCUT2D eigenvalue weighted by atomic mass is 35.5. The Hall–Kier alpha value is -3.97. The second kappa shape index (κ2) is 8.76. The van der Waals surface area contributed by atoms with Crippen LogP contribution in [0.25, 0.3) is 21.9 Å². The number of hydrogen-bond acceptors (Lipinski definition) is 3. The van der Waals surface area contributed by atoms with E-state index in [1.165, 1.54) is 23.0 Å². The summed E-state index contributed by atoms with van der Waals surface area (Å²) in [6.45, 7) is 2.01. The number of para-hydroxylation sites is 1. The van der Waals surface area contributed by atoms with Crippen LogP contribution in [-0.4, -0.2) is 20.0 Å². The summed E-state index contributed by atoms with van der Waals surface area (Å²) in [5.74, 6) is -0.983. The second-order valence-electron chi connectivity index (χ2n) is 8.10. The van der Waals surface area contributed by atoms with Crippen molar-refractivity contribution in [2.45, 2.75) is 20.0 Å². The van der Waals surface area contributed by atoms with Gasteiger partial charge in [0.1, 0.15) is 23.4 Å². The van der Waals surface area contributed by atoms with Crippen LogP contribution in [0.2, 0.25) is 5.02 Å². The summed E-state index contributed by atoms with van der Waals surface area (Å²) in [5, 5.41) is 3.91. The Morgan fingerprint density at radius 1 is 1.09 bits per heavy atom. The first-order valence-electron chi connectivity index (χ1n) is 10.7. The van der Waals surface area contributed by atoms with Crippen molar-refractivity contribution >= 4 is 45.1 Å². The number of nitrogens with zero attached hydrogens (tertiary/aromatic N) is 3. The molecular formula is C26H20ClFN4O2. The maximum absolute atomic E-state index is 14.0. The third-order valence-electron chi connectivity index (χ3n) is 5.73. The molecule has 1 amide bonds. The molecule has 0 aliphatic heterocycles. The van der Waals surface area contributed by atoms with Crippen molar-refractivity contribution in [2.24, 2.45) is 0 Å². The maximum Gasteiger partial charge on any atom is 0.278 e. The molecule has 0 aliphatic rings. The van der Waals surface area contributed by atoms with Gasteiger partial charge >= 0.3 is 0 Å². The zero-order chi connectivity index (χ0) is 23.8. The number of rotatable bonds is 5. The highest BCUT2D eigenvalue weighted by Gasteiger charge is 2.19. The molecule has 8 heteroatoms. The number of carbonyl (C=O) groups is 1. The molecule has 0 spiro atoms. The summed E-state index contributed by atoms with van der Waals surface area (Å²) in [6, 6.07) is 18.9. The fraction of sp³-hybridized carbons (Fsp3) is 0.115. The smallest absolute Gasteiger partial charge is 0.278 e. The number of aromatic nitrogens is 3. The Bertz CT molecular complexity index is 1620. The van der Waals surface area contributed by atoms with Crippen LogP contribution in [-0.2, 0) is 17.9 Å². The number of fused-ring (bicyclic) bond motifs is 3. The second-order valence-corrected chi connectivity index (χ2v) is 8.51. The topological polar surface area (TPSA) is 68.9 Å². The first-order chi connectivity index (χ1) is 16.4. The van der Waals surface area contributed by atoms with Crippen LogP contribution in [0.3, 0.4) is 0 Å². The predicted molar refractivity (Wildman–Crippen MR) is 132 cm³/mol. The number of hydrogen-bond donors (Lipinski definition) is 1. The van der Waals surface area contributed by atoms with Gasteiger partial charge in [-0.2, -0.15) is 0 Å². The van der Waals surface area contributed by atoms with Crippen LogP contribution in [0.4, 0.5) is 10.1 Å². The number of benzene rings is 3. The first kappa shape index (κ1) is 21.9. The Labute approximate surface area is 199 Å².